The Morgan fingerprint density at radius 3 is 2.71 bits per heavy atom. The third-order valence-electron chi connectivity index (χ3n) is 3.21. The van der Waals surface area contributed by atoms with Gasteiger partial charge in [-0.2, -0.15) is 0 Å². The first-order valence-corrected chi connectivity index (χ1v) is 7.56. The molecule has 0 radical (unpaired) electrons. The number of nitrogen functional groups attached to an aromatic ring is 1. The molecule has 0 fully saturated rings. The van der Waals surface area contributed by atoms with Gasteiger partial charge in [0.15, 0.2) is 0 Å². The fourth-order valence-corrected chi connectivity index (χ4v) is 1.94. The zero-order valence-corrected chi connectivity index (χ0v) is 13.5. The lowest BCUT2D eigenvalue weighted by atomic mass is 10.1. The minimum absolute atomic E-state index is 0.251. The maximum atomic E-state index is 11.6. The molecule has 5 heteroatoms. The van der Waals surface area contributed by atoms with Gasteiger partial charge in [-0.15, -0.1) is 0 Å². The number of methoxy groups -OCH3 is 1. The van der Waals surface area contributed by atoms with Gasteiger partial charge in [-0.05, 0) is 17.7 Å². The Kier molecular flexibility index (Phi) is 6.54. The summed E-state index contributed by atoms with van der Waals surface area (Å²) in [7, 11) is 1.59. The lowest BCUT2D eigenvalue weighted by Crippen LogP contribution is -2.24. The van der Waals surface area contributed by atoms with Gasteiger partial charge in [-0.3, -0.25) is 0 Å². The standard InChI is InChI=1S/C19H20N2O3/c1-23-17-11-10-16(18(20)13-17)9-5-6-12-21-19(22)24-14-15-7-3-2-4-8-15/h2-4,7-8,10-11,13H,6,12,14,20H2,1H3,(H,21,22). The van der Waals surface area contributed by atoms with Crippen LogP contribution in [0.3, 0.4) is 0 Å². The summed E-state index contributed by atoms with van der Waals surface area (Å²) in [5.41, 5.74) is 8.13. The average molecular weight is 324 g/mol. The molecule has 0 unspecified atom stereocenters. The molecule has 0 saturated carbocycles. The number of carbonyl (C=O) groups excluding carboxylic acids is 1. The van der Waals surface area contributed by atoms with Gasteiger partial charge in [-0.1, -0.05) is 42.2 Å². The van der Waals surface area contributed by atoms with E-state index in [1.807, 2.05) is 36.4 Å². The largest absolute Gasteiger partial charge is 0.497 e. The number of benzene rings is 2. The summed E-state index contributed by atoms with van der Waals surface area (Å²) in [5.74, 6) is 6.64. The molecule has 0 aliphatic carbocycles. The van der Waals surface area contributed by atoms with Gasteiger partial charge in [0, 0.05) is 24.6 Å². The fourth-order valence-electron chi connectivity index (χ4n) is 1.94. The SMILES string of the molecule is COc1ccc(C#CCCNC(=O)OCc2ccccc2)c(N)c1. The van der Waals surface area contributed by atoms with E-state index in [2.05, 4.69) is 17.2 Å². The summed E-state index contributed by atoms with van der Waals surface area (Å²) < 4.78 is 10.2. The molecule has 5 nitrogen and oxygen atoms in total. The van der Waals surface area contributed by atoms with Gasteiger partial charge >= 0.3 is 6.09 Å². The normalized spacial score (nSPS) is 9.54. The zero-order valence-electron chi connectivity index (χ0n) is 13.5. The van der Waals surface area contributed by atoms with Crippen LogP contribution < -0.4 is 15.8 Å². The van der Waals surface area contributed by atoms with Crippen LogP contribution in [0.5, 0.6) is 5.75 Å². The van der Waals surface area contributed by atoms with E-state index in [4.69, 9.17) is 15.2 Å². The molecule has 1 amide bonds. The van der Waals surface area contributed by atoms with Crippen LogP contribution in [0.4, 0.5) is 10.5 Å². The number of nitrogens with two attached hydrogens (primary N) is 1. The van der Waals surface area contributed by atoms with Crippen molar-refractivity contribution in [2.75, 3.05) is 19.4 Å². The Morgan fingerprint density at radius 1 is 1.21 bits per heavy atom. The van der Waals surface area contributed by atoms with E-state index in [0.717, 1.165) is 11.1 Å². The number of hydrogen-bond acceptors (Lipinski definition) is 4. The summed E-state index contributed by atoms with van der Waals surface area (Å²) in [6.07, 6.45) is 0.0518. The third-order valence-corrected chi connectivity index (χ3v) is 3.21. The molecule has 0 atom stereocenters. The second-order valence-electron chi connectivity index (χ2n) is 4.99. The van der Waals surface area contributed by atoms with Gasteiger partial charge in [0.2, 0.25) is 0 Å². The van der Waals surface area contributed by atoms with Crippen LogP contribution in [0.15, 0.2) is 48.5 Å². The Morgan fingerprint density at radius 2 is 2.00 bits per heavy atom. The zero-order chi connectivity index (χ0) is 17.2. The predicted octanol–water partition coefficient (Wildman–Crippen LogP) is 2.95. The van der Waals surface area contributed by atoms with E-state index in [1.165, 1.54) is 0 Å². The van der Waals surface area contributed by atoms with Crippen LogP contribution in [0.1, 0.15) is 17.5 Å². The molecule has 2 aromatic carbocycles. The quantitative estimate of drug-likeness (QED) is 0.504. The maximum absolute atomic E-state index is 11.6. The average Bonchev–Trinajstić information content (AvgIpc) is 2.61. The monoisotopic (exact) mass is 324 g/mol. The van der Waals surface area contributed by atoms with Crippen LogP contribution in [0.25, 0.3) is 0 Å². The van der Waals surface area contributed by atoms with Crippen molar-refractivity contribution in [1.82, 2.24) is 5.32 Å². The van der Waals surface area contributed by atoms with E-state index >= 15 is 0 Å². The number of anilines is 1. The summed E-state index contributed by atoms with van der Waals surface area (Å²) in [6, 6.07) is 14.9. The van der Waals surface area contributed by atoms with Crippen molar-refractivity contribution in [3.8, 4) is 17.6 Å². The molecule has 0 aliphatic heterocycles. The highest BCUT2D eigenvalue weighted by Crippen LogP contribution is 2.18. The molecule has 124 valence electrons. The first-order valence-electron chi connectivity index (χ1n) is 7.56. The topological polar surface area (TPSA) is 73.6 Å². The Bertz CT molecular complexity index is 733. The number of ether oxygens (including phenoxy) is 2. The van der Waals surface area contributed by atoms with Gasteiger partial charge < -0.3 is 20.5 Å². The van der Waals surface area contributed by atoms with Crippen LogP contribution in [-0.4, -0.2) is 19.7 Å². The third kappa shape index (κ3) is 5.58. The van der Waals surface area contributed by atoms with E-state index < -0.39 is 6.09 Å². The van der Waals surface area contributed by atoms with Gasteiger partial charge in [-0.25, -0.2) is 4.79 Å². The van der Waals surface area contributed by atoms with E-state index in [1.54, 1.807) is 19.2 Å². The fraction of sp³-hybridized carbons (Fsp3) is 0.211. The molecule has 0 aromatic heterocycles. The van der Waals surface area contributed by atoms with Crippen molar-refractivity contribution in [2.45, 2.75) is 13.0 Å². The van der Waals surface area contributed by atoms with Crippen molar-refractivity contribution >= 4 is 11.8 Å². The minimum atomic E-state index is -0.454. The van der Waals surface area contributed by atoms with E-state index in [9.17, 15) is 4.79 Å². The first kappa shape index (κ1) is 17.2. The van der Waals surface area contributed by atoms with Crippen LogP contribution in [-0.2, 0) is 11.3 Å². The molecule has 0 aliphatic rings. The molecular weight excluding hydrogens is 304 g/mol. The van der Waals surface area contributed by atoms with Crippen molar-refractivity contribution in [3.05, 3.63) is 59.7 Å². The summed E-state index contributed by atoms with van der Waals surface area (Å²) in [5, 5.41) is 2.66. The number of alkyl carbamates (subject to hydrolysis) is 1. The van der Waals surface area contributed by atoms with Crippen molar-refractivity contribution in [1.29, 1.82) is 0 Å². The number of carbonyl (C=O) groups is 1. The molecule has 0 bridgehead atoms. The Labute approximate surface area is 141 Å². The number of amides is 1. The Hall–Kier alpha value is -3.13. The molecule has 2 rings (SSSR count). The lowest BCUT2D eigenvalue weighted by molar-refractivity contribution is 0.140. The van der Waals surface area contributed by atoms with Gasteiger partial charge in [0.05, 0.1) is 12.8 Å². The van der Waals surface area contributed by atoms with Crippen LogP contribution >= 0.6 is 0 Å². The molecule has 0 heterocycles. The summed E-state index contributed by atoms with van der Waals surface area (Å²) in [6.45, 7) is 0.664. The first-order chi connectivity index (χ1) is 11.7. The molecular formula is C19H20N2O3. The highest BCUT2D eigenvalue weighted by molar-refractivity contribution is 5.67. The molecule has 2 aromatic rings. The van der Waals surface area contributed by atoms with E-state index in [0.29, 0.717) is 24.4 Å². The van der Waals surface area contributed by atoms with Gasteiger partial charge in [0.1, 0.15) is 12.4 Å². The predicted molar refractivity (Wildman–Crippen MR) is 93.5 cm³/mol. The number of rotatable bonds is 5. The number of nitrogens with one attached hydrogen (secondary N) is 1. The summed E-state index contributed by atoms with van der Waals surface area (Å²) >= 11 is 0. The maximum Gasteiger partial charge on any atom is 0.407 e. The molecule has 24 heavy (non-hydrogen) atoms. The summed E-state index contributed by atoms with van der Waals surface area (Å²) in [4.78, 5) is 11.6. The Balaban J connectivity index is 1.70. The number of hydrogen-bond donors (Lipinski definition) is 2. The molecule has 0 saturated heterocycles. The smallest absolute Gasteiger partial charge is 0.407 e. The van der Waals surface area contributed by atoms with Crippen molar-refractivity contribution in [3.63, 3.8) is 0 Å². The lowest BCUT2D eigenvalue weighted by Gasteiger charge is -2.05. The van der Waals surface area contributed by atoms with Crippen LogP contribution in [0, 0.1) is 11.8 Å². The van der Waals surface area contributed by atoms with E-state index in [-0.39, 0.29) is 6.61 Å². The van der Waals surface area contributed by atoms with Gasteiger partial charge in [0.25, 0.3) is 0 Å². The second kappa shape index (κ2) is 9.11. The minimum Gasteiger partial charge on any atom is -0.497 e. The highest BCUT2D eigenvalue weighted by Gasteiger charge is 2.01. The highest BCUT2D eigenvalue weighted by atomic mass is 16.5. The molecule has 0 spiro atoms. The molecule has 3 N–H and O–H groups in total. The van der Waals surface area contributed by atoms with Crippen LogP contribution in [0.2, 0.25) is 0 Å². The van der Waals surface area contributed by atoms with Crippen molar-refractivity contribution in [2.24, 2.45) is 0 Å². The second-order valence-corrected chi connectivity index (χ2v) is 4.99. The van der Waals surface area contributed by atoms with Crippen molar-refractivity contribution < 1.29 is 14.3 Å².